The molecule has 0 unspecified atom stereocenters. The Morgan fingerprint density at radius 1 is 0.933 bits per heavy atom. The molecule has 0 bridgehead atoms. The molecule has 1 amide bonds. The Hall–Kier alpha value is -3.71. The van der Waals surface area contributed by atoms with Crippen LogP contribution in [0.1, 0.15) is 17.5 Å². The molecule has 0 saturated heterocycles. The highest BCUT2D eigenvalue weighted by atomic mass is 16.5. The van der Waals surface area contributed by atoms with Crippen molar-refractivity contribution in [2.45, 2.75) is 19.4 Å². The fourth-order valence-electron chi connectivity index (χ4n) is 3.14. The number of benzene rings is 3. The van der Waals surface area contributed by atoms with Crippen molar-refractivity contribution in [2.24, 2.45) is 0 Å². The van der Waals surface area contributed by atoms with Crippen molar-refractivity contribution in [1.29, 1.82) is 0 Å². The molecule has 4 nitrogen and oxygen atoms in total. The molecule has 0 spiro atoms. The van der Waals surface area contributed by atoms with Gasteiger partial charge in [-0.25, -0.2) is 0 Å². The van der Waals surface area contributed by atoms with Crippen LogP contribution in [-0.4, -0.2) is 19.6 Å². The SMILES string of the molecule is C#CCOc1ccc(CCC(=O)NCc2cccc(-c3ccccc3)c2)cc1OC. The molecule has 3 aromatic carbocycles. The number of ether oxygens (including phenoxy) is 2. The number of rotatable bonds is 9. The van der Waals surface area contributed by atoms with Crippen LogP contribution in [-0.2, 0) is 17.8 Å². The molecule has 1 N–H and O–H groups in total. The third-order valence-electron chi connectivity index (χ3n) is 4.70. The van der Waals surface area contributed by atoms with E-state index in [-0.39, 0.29) is 12.5 Å². The second-order valence-electron chi connectivity index (χ2n) is 6.82. The number of carbonyl (C=O) groups is 1. The zero-order valence-electron chi connectivity index (χ0n) is 17.1. The summed E-state index contributed by atoms with van der Waals surface area (Å²) in [6.07, 6.45) is 6.23. The summed E-state index contributed by atoms with van der Waals surface area (Å²) in [5.74, 6) is 3.65. The van der Waals surface area contributed by atoms with Crippen LogP contribution in [0.5, 0.6) is 11.5 Å². The van der Waals surface area contributed by atoms with Crippen molar-refractivity contribution >= 4 is 5.91 Å². The third-order valence-corrected chi connectivity index (χ3v) is 4.70. The van der Waals surface area contributed by atoms with Gasteiger partial charge in [0, 0.05) is 13.0 Å². The van der Waals surface area contributed by atoms with Crippen LogP contribution in [0.25, 0.3) is 11.1 Å². The Bertz CT molecular complexity index is 1020. The molecule has 0 aromatic heterocycles. The van der Waals surface area contributed by atoms with Crippen LogP contribution in [0.2, 0.25) is 0 Å². The van der Waals surface area contributed by atoms with Crippen LogP contribution in [0, 0.1) is 12.3 Å². The Labute approximate surface area is 177 Å². The number of hydrogen-bond donors (Lipinski definition) is 1. The monoisotopic (exact) mass is 399 g/mol. The second-order valence-corrected chi connectivity index (χ2v) is 6.82. The van der Waals surface area contributed by atoms with E-state index in [2.05, 4.69) is 35.5 Å². The van der Waals surface area contributed by atoms with Gasteiger partial charge in [-0.15, -0.1) is 6.42 Å². The Kier molecular flexibility index (Phi) is 7.51. The molecule has 0 heterocycles. The molecule has 0 atom stereocenters. The van der Waals surface area contributed by atoms with Gasteiger partial charge in [0.2, 0.25) is 5.91 Å². The van der Waals surface area contributed by atoms with Crippen molar-refractivity contribution in [3.8, 4) is 35.0 Å². The minimum Gasteiger partial charge on any atom is -0.493 e. The van der Waals surface area contributed by atoms with Crippen molar-refractivity contribution in [3.63, 3.8) is 0 Å². The Balaban J connectivity index is 1.53. The zero-order valence-corrected chi connectivity index (χ0v) is 17.1. The van der Waals surface area contributed by atoms with Gasteiger partial charge in [0.05, 0.1) is 7.11 Å². The molecular formula is C26H25NO3. The standard InChI is InChI=1S/C26H25NO3/c1-3-16-30-24-14-12-20(18-25(24)29-2)13-15-26(28)27-19-21-8-7-11-23(17-21)22-9-5-4-6-10-22/h1,4-12,14,17-18H,13,15-16,19H2,2H3,(H,27,28). The maximum absolute atomic E-state index is 12.3. The molecule has 4 heteroatoms. The summed E-state index contributed by atoms with van der Waals surface area (Å²) < 4.78 is 10.8. The molecule has 0 fully saturated rings. The highest BCUT2D eigenvalue weighted by Gasteiger charge is 2.08. The molecular weight excluding hydrogens is 374 g/mol. The van der Waals surface area contributed by atoms with Gasteiger partial charge < -0.3 is 14.8 Å². The summed E-state index contributed by atoms with van der Waals surface area (Å²) in [5.41, 5.74) is 4.37. The van der Waals surface area contributed by atoms with Gasteiger partial charge in [0.25, 0.3) is 0 Å². The van der Waals surface area contributed by atoms with Gasteiger partial charge in [-0.05, 0) is 46.9 Å². The van der Waals surface area contributed by atoms with E-state index >= 15 is 0 Å². The van der Waals surface area contributed by atoms with E-state index < -0.39 is 0 Å². The molecule has 0 aliphatic rings. The number of amides is 1. The largest absolute Gasteiger partial charge is 0.493 e. The van der Waals surface area contributed by atoms with Crippen molar-refractivity contribution in [3.05, 3.63) is 83.9 Å². The van der Waals surface area contributed by atoms with Crippen molar-refractivity contribution in [2.75, 3.05) is 13.7 Å². The topological polar surface area (TPSA) is 47.6 Å². The van der Waals surface area contributed by atoms with E-state index in [1.807, 2.05) is 48.5 Å². The molecule has 0 radical (unpaired) electrons. The van der Waals surface area contributed by atoms with E-state index in [4.69, 9.17) is 15.9 Å². The quantitative estimate of drug-likeness (QED) is 0.534. The van der Waals surface area contributed by atoms with E-state index in [1.165, 1.54) is 0 Å². The fourth-order valence-corrected chi connectivity index (χ4v) is 3.14. The van der Waals surface area contributed by atoms with Gasteiger partial charge >= 0.3 is 0 Å². The summed E-state index contributed by atoms with van der Waals surface area (Å²) in [5, 5.41) is 3.00. The van der Waals surface area contributed by atoms with Crippen LogP contribution in [0.15, 0.2) is 72.8 Å². The van der Waals surface area contributed by atoms with Gasteiger partial charge in [0.1, 0.15) is 6.61 Å². The molecule has 0 aliphatic carbocycles. The number of methoxy groups -OCH3 is 1. The summed E-state index contributed by atoms with van der Waals surface area (Å²) in [6.45, 7) is 0.686. The third kappa shape index (κ3) is 5.89. The predicted molar refractivity (Wildman–Crippen MR) is 119 cm³/mol. The lowest BCUT2D eigenvalue weighted by atomic mass is 10.0. The van der Waals surface area contributed by atoms with Crippen LogP contribution in [0.3, 0.4) is 0 Å². The average Bonchev–Trinajstić information content (AvgIpc) is 2.81. The first-order chi connectivity index (χ1) is 14.7. The van der Waals surface area contributed by atoms with Crippen LogP contribution in [0.4, 0.5) is 0 Å². The Morgan fingerprint density at radius 3 is 2.50 bits per heavy atom. The average molecular weight is 399 g/mol. The summed E-state index contributed by atoms with van der Waals surface area (Å²) in [4.78, 5) is 12.3. The molecule has 3 aromatic rings. The lowest BCUT2D eigenvalue weighted by molar-refractivity contribution is -0.121. The van der Waals surface area contributed by atoms with E-state index in [0.717, 1.165) is 22.3 Å². The number of aryl methyl sites for hydroxylation is 1. The molecule has 30 heavy (non-hydrogen) atoms. The van der Waals surface area contributed by atoms with Crippen LogP contribution >= 0.6 is 0 Å². The number of nitrogens with one attached hydrogen (secondary N) is 1. The fraction of sp³-hybridized carbons (Fsp3) is 0.192. The van der Waals surface area contributed by atoms with E-state index in [9.17, 15) is 4.79 Å². The van der Waals surface area contributed by atoms with Crippen molar-refractivity contribution in [1.82, 2.24) is 5.32 Å². The molecule has 152 valence electrons. The lowest BCUT2D eigenvalue weighted by Gasteiger charge is -2.11. The lowest BCUT2D eigenvalue weighted by Crippen LogP contribution is -2.23. The maximum atomic E-state index is 12.3. The van der Waals surface area contributed by atoms with Gasteiger partial charge in [0.15, 0.2) is 11.5 Å². The molecule has 0 saturated carbocycles. The summed E-state index contributed by atoms with van der Waals surface area (Å²) in [6, 6.07) is 24.0. The molecule has 0 aliphatic heterocycles. The predicted octanol–water partition coefficient (Wildman–Crippen LogP) is 4.62. The second kappa shape index (κ2) is 10.7. The number of terminal acetylenes is 1. The van der Waals surface area contributed by atoms with E-state index in [0.29, 0.717) is 30.9 Å². The number of hydrogen-bond acceptors (Lipinski definition) is 3. The summed E-state index contributed by atoms with van der Waals surface area (Å²) in [7, 11) is 1.58. The maximum Gasteiger partial charge on any atom is 0.220 e. The van der Waals surface area contributed by atoms with Crippen LogP contribution < -0.4 is 14.8 Å². The minimum atomic E-state index is 0.00624. The van der Waals surface area contributed by atoms with E-state index in [1.54, 1.807) is 7.11 Å². The first kappa shape index (κ1) is 21.0. The number of carbonyl (C=O) groups excluding carboxylic acids is 1. The first-order valence-corrected chi connectivity index (χ1v) is 9.84. The Morgan fingerprint density at radius 2 is 1.73 bits per heavy atom. The summed E-state index contributed by atoms with van der Waals surface area (Å²) >= 11 is 0. The molecule has 3 rings (SSSR count). The minimum absolute atomic E-state index is 0.00624. The van der Waals surface area contributed by atoms with Gasteiger partial charge in [-0.3, -0.25) is 4.79 Å². The first-order valence-electron chi connectivity index (χ1n) is 9.84. The highest BCUT2D eigenvalue weighted by molar-refractivity contribution is 5.76. The zero-order chi connectivity index (χ0) is 21.2. The highest BCUT2D eigenvalue weighted by Crippen LogP contribution is 2.28. The smallest absolute Gasteiger partial charge is 0.220 e. The van der Waals surface area contributed by atoms with Crippen molar-refractivity contribution < 1.29 is 14.3 Å². The van der Waals surface area contributed by atoms with Gasteiger partial charge in [-0.1, -0.05) is 60.5 Å². The normalized spacial score (nSPS) is 10.1. The van der Waals surface area contributed by atoms with Gasteiger partial charge in [-0.2, -0.15) is 0 Å².